The van der Waals surface area contributed by atoms with E-state index in [4.69, 9.17) is 23.2 Å². The van der Waals surface area contributed by atoms with Crippen LogP contribution < -0.4 is 10.6 Å². The molecule has 0 radical (unpaired) electrons. The number of nitrogens with zero attached hydrogens (tertiary/aromatic N) is 3. The van der Waals surface area contributed by atoms with Crippen molar-refractivity contribution in [1.29, 1.82) is 0 Å². The highest BCUT2D eigenvalue weighted by Gasteiger charge is 2.20. The van der Waals surface area contributed by atoms with Crippen LogP contribution in [0.15, 0.2) is 24.4 Å². The predicted molar refractivity (Wildman–Crippen MR) is 94.9 cm³/mol. The fraction of sp³-hybridized carbons (Fsp3) is 0.438. The normalized spacial score (nSPS) is 16.6. The molecule has 1 amide bonds. The number of amides is 1. The van der Waals surface area contributed by atoms with Gasteiger partial charge in [0.1, 0.15) is 0 Å². The summed E-state index contributed by atoms with van der Waals surface area (Å²) in [7, 11) is 0. The van der Waals surface area contributed by atoms with Crippen LogP contribution in [0.25, 0.3) is 0 Å². The summed E-state index contributed by atoms with van der Waals surface area (Å²) >= 11 is 12.1. The Hall–Kier alpha value is -1.67. The number of nitrogens with one attached hydrogen (secondary N) is 2. The zero-order valence-corrected chi connectivity index (χ0v) is 15.0. The lowest BCUT2D eigenvalue weighted by Gasteiger charge is -2.22. The first-order valence-corrected chi connectivity index (χ1v) is 8.84. The number of aliphatic hydroxyl groups is 1. The molecule has 1 aliphatic heterocycles. The van der Waals surface area contributed by atoms with Gasteiger partial charge in [-0.2, -0.15) is 0 Å². The van der Waals surface area contributed by atoms with Crippen molar-refractivity contribution in [2.75, 3.05) is 19.6 Å². The average Bonchev–Trinajstić information content (AvgIpc) is 3.10. The Morgan fingerprint density at radius 2 is 2.04 bits per heavy atom. The van der Waals surface area contributed by atoms with Crippen molar-refractivity contribution in [3.05, 3.63) is 45.7 Å². The molecule has 0 unspecified atom stereocenters. The van der Waals surface area contributed by atoms with E-state index < -0.39 is 12.0 Å². The fourth-order valence-electron chi connectivity index (χ4n) is 2.84. The number of carbonyl (C=O) groups is 1. The van der Waals surface area contributed by atoms with Gasteiger partial charge in [-0.05, 0) is 38.1 Å². The number of rotatable bonds is 5. The van der Waals surface area contributed by atoms with Crippen LogP contribution in [0.2, 0.25) is 10.0 Å². The SMILES string of the molecule is O=C(NC[C@H](O)c1c(Cl)cccc1Cl)c1cn(C2CCNCC2)nn1. The zero-order chi connectivity index (χ0) is 17.8. The van der Waals surface area contributed by atoms with Crippen molar-refractivity contribution in [3.8, 4) is 0 Å². The molecule has 1 aliphatic rings. The summed E-state index contributed by atoms with van der Waals surface area (Å²) in [4.78, 5) is 12.2. The van der Waals surface area contributed by atoms with E-state index in [2.05, 4.69) is 20.9 Å². The Morgan fingerprint density at radius 1 is 1.36 bits per heavy atom. The van der Waals surface area contributed by atoms with Gasteiger partial charge in [0, 0.05) is 22.2 Å². The summed E-state index contributed by atoms with van der Waals surface area (Å²) in [5, 5.41) is 24.8. The van der Waals surface area contributed by atoms with E-state index in [-0.39, 0.29) is 18.3 Å². The minimum atomic E-state index is -1.01. The lowest BCUT2D eigenvalue weighted by Crippen LogP contribution is -2.30. The fourth-order valence-corrected chi connectivity index (χ4v) is 3.49. The van der Waals surface area contributed by atoms with E-state index in [1.54, 1.807) is 29.1 Å². The van der Waals surface area contributed by atoms with Crippen LogP contribution in [-0.2, 0) is 0 Å². The van der Waals surface area contributed by atoms with Crippen molar-refractivity contribution in [3.63, 3.8) is 0 Å². The highest BCUT2D eigenvalue weighted by Crippen LogP contribution is 2.29. The molecule has 0 aliphatic carbocycles. The summed E-state index contributed by atoms with van der Waals surface area (Å²) in [5.41, 5.74) is 0.612. The number of aromatic nitrogens is 3. The Kier molecular flexibility index (Phi) is 5.90. The van der Waals surface area contributed by atoms with Crippen molar-refractivity contribution < 1.29 is 9.90 Å². The minimum absolute atomic E-state index is 0.0253. The van der Waals surface area contributed by atoms with Gasteiger partial charge in [0.15, 0.2) is 5.69 Å². The number of hydrogen-bond acceptors (Lipinski definition) is 5. The lowest BCUT2D eigenvalue weighted by atomic mass is 10.1. The van der Waals surface area contributed by atoms with Crippen LogP contribution in [0.4, 0.5) is 0 Å². The third-order valence-corrected chi connectivity index (χ3v) is 4.87. The minimum Gasteiger partial charge on any atom is -0.386 e. The molecule has 134 valence electrons. The molecule has 0 bridgehead atoms. The number of hydrogen-bond donors (Lipinski definition) is 3. The molecular weight excluding hydrogens is 365 g/mol. The van der Waals surface area contributed by atoms with Crippen molar-refractivity contribution in [2.45, 2.75) is 25.0 Å². The summed E-state index contributed by atoms with van der Waals surface area (Å²) in [6.07, 6.45) is 2.53. The predicted octanol–water partition coefficient (Wildman–Crippen LogP) is 1.97. The largest absolute Gasteiger partial charge is 0.386 e. The number of aliphatic hydroxyl groups excluding tert-OH is 1. The summed E-state index contributed by atoms with van der Waals surface area (Å²) < 4.78 is 1.73. The molecular formula is C16H19Cl2N5O2. The van der Waals surface area contributed by atoms with Gasteiger partial charge in [-0.1, -0.05) is 34.5 Å². The van der Waals surface area contributed by atoms with E-state index in [1.165, 1.54) is 0 Å². The second-order valence-electron chi connectivity index (χ2n) is 5.93. The smallest absolute Gasteiger partial charge is 0.273 e. The molecule has 1 saturated heterocycles. The van der Waals surface area contributed by atoms with Gasteiger partial charge in [-0.15, -0.1) is 5.10 Å². The molecule has 1 atom stereocenters. The molecule has 9 heteroatoms. The first-order valence-electron chi connectivity index (χ1n) is 8.09. The van der Waals surface area contributed by atoms with Crippen LogP contribution in [0, 0.1) is 0 Å². The van der Waals surface area contributed by atoms with Gasteiger partial charge in [0.25, 0.3) is 5.91 Å². The molecule has 0 spiro atoms. The maximum Gasteiger partial charge on any atom is 0.273 e. The van der Waals surface area contributed by atoms with E-state index in [9.17, 15) is 9.90 Å². The number of carbonyl (C=O) groups excluding carboxylic acids is 1. The first-order chi connectivity index (χ1) is 12.1. The zero-order valence-electron chi connectivity index (χ0n) is 13.5. The second-order valence-corrected chi connectivity index (χ2v) is 6.74. The topological polar surface area (TPSA) is 92.1 Å². The summed E-state index contributed by atoms with van der Waals surface area (Å²) in [6, 6.07) is 5.22. The lowest BCUT2D eigenvalue weighted by molar-refractivity contribution is 0.0911. The molecule has 3 rings (SSSR count). The van der Waals surface area contributed by atoms with Crippen LogP contribution in [0.5, 0.6) is 0 Å². The molecule has 2 heterocycles. The highest BCUT2D eigenvalue weighted by molar-refractivity contribution is 6.36. The molecule has 3 N–H and O–H groups in total. The van der Waals surface area contributed by atoms with E-state index in [1.807, 2.05) is 0 Å². The Bertz CT molecular complexity index is 726. The van der Waals surface area contributed by atoms with E-state index in [0.717, 1.165) is 25.9 Å². The van der Waals surface area contributed by atoms with Crippen LogP contribution in [0.3, 0.4) is 0 Å². The summed E-state index contributed by atoms with van der Waals surface area (Å²) in [6.45, 7) is 1.83. The standard InChI is InChI=1S/C16H19Cl2N5O2/c17-11-2-1-3-12(18)15(11)14(24)8-20-16(25)13-9-23(22-21-13)10-4-6-19-7-5-10/h1-3,9-10,14,19,24H,4-8H2,(H,20,25)/t14-/m0/s1. The number of piperidine rings is 1. The van der Waals surface area contributed by atoms with Gasteiger partial charge in [-0.25, -0.2) is 4.68 Å². The van der Waals surface area contributed by atoms with Crippen LogP contribution in [0.1, 0.15) is 41.0 Å². The monoisotopic (exact) mass is 383 g/mol. The maximum absolute atomic E-state index is 12.2. The van der Waals surface area contributed by atoms with Crippen LogP contribution >= 0.6 is 23.2 Å². The number of benzene rings is 1. The Morgan fingerprint density at radius 3 is 2.72 bits per heavy atom. The second kappa shape index (κ2) is 8.14. The van der Waals surface area contributed by atoms with Gasteiger partial charge in [0.2, 0.25) is 0 Å². The molecule has 25 heavy (non-hydrogen) atoms. The average molecular weight is 384 g/mol. The molecule has 2 aromatic rings. The molecule has 1 aromatic heterocycles. The van der Waals surface area contributed by atoms with E-state index >= 15 is 0 Å². The van der Waals surface area contributed by atoms with Gasteiger partial charge < -0.3 is 15.7 Å². The van der Waals surface area contributed by atoms with Crippen molar-refractivity contribution in [1.82, 2.24) is 25.6 Å². The Labute approximate surface area is 155 Å². The maximum atomic E-state index is 12.2. The van der Waals surface area contributed by atoms with Crippen molar-refractivity contribution >= 4 is 29.1 Å². The third kappa shape index (κ3) is 4.30. The quantitative estimate of drug-likeness (QED) is 0.733. The third-order valence-electron chi connectivity index (χ3n) is 4.21. The van der Waals surface area contributed by atoms with Crippen LogP contribution in [-0.4, -0.2) is 45.6 Å². The molecule has 7 nitrogen and oxygen atoms in total. The molecule has 0 saturated carbocycles. The van der Waals surface area contributed by atoms with Gasteiger partial charge >= 0.3 is 0 Å². The summed E-state index contributed by atoms with van der Waals surface area (Å²) in [5.74, 6) is -0.401. The Balaban J connectivity index is 1.60. The number of halogens is 2. The van der Waals surface area contributed by atoms with E-state index in [0.29, 0.717) is 15.6 Å². The van der Waals surface area contributed by atoms with Gasteiger partial charge in [-0.3, -0.25) is 4.79 Å². The van der Waals surface area contributed by atoms with Gasteiger partial charge in [0.05, 0.1) is 18.3 Å². The first kappa shape index (κ1) is 18.1. The molecule has 1 fully saturated rings. The molecule has 1 aromatic carbocycles. The highest BCUT2D eigenvalue weighted by atomic mass is 35.5. The van der Waals surface area contributed by atoms with Crippen molar-refractivity contribution in [2.24, 2.45) is 0 Å².